The highest BCUT2D eigenvalue weighted by Gasteiger charge is 2.16. The number of hydrogen-bond acceptors (Lipinski definition) is 4. The number of thioether (sulfide) groups is 1. The molecule has 1 amide bonds. The number of rotatable bonds is 6. The third-order valence-corrected chi connectivity index (χ3v) is 6.00. The molecule has 0 unspecified atom stereocenters. The Bertz CT molecular complexity index is 1310. The van der Waals surface area contributed by atoms with Gasteiger partial charge in [-0.25, -0.2) is 4.98 Å². The third kappa shape index (κ3) is 4.81. The first kappa shape index (κ1) is 21.2. The van der Waals surface area contributed by atoms with Gasteiger partial charge in [0, 0.05) is 11.6 Å². The maximum atomic E-state index is 13.3. The van der Waals surface area contributed by atoms with Crippen molar-refractivity contribution in [1.82, 2.24) is 14.9 Å². The molecule has 1 heterocycles. The van der Waals surface area contributed by atoms with Gasteiger partial charge in [-0.3, -0.25) is 14.2 Å². The molecular formula is C24H20ClN3O2S. The summed E-state index contributed by atoms with van der Waals surface area (Å²) in [5.41, 5.74) is 3.02. The number of nitrogens with zero attached hydrogens (tertiary/aromatic N) is 2. The minimum absolute atomic E-state index is 0.134. The van der Waals surface area contributed by atoms with Gasteiger partial charge in [-0.05, 0) is 42.3 Å². The summed E-state index contributed by atoms with van der Waals surface area (Å²) in [5.74, 6) is 0.00246. The summed E-state index contributed by atoms with van der Waals surface area (Å²) in [5, 5.41) is 4.33. The van der Waals surface area contributed by atoms with Crippen LogP contribution in [0.2, 0.25) is 5.02 Å². The summed E-state index contributed by atoms with van der Waals surface area (Å²) in [6, 6.07) is 22.3. The lowest BCUT2D eigenvalue weighted by atomic mass is 10.2. The van der Waals surface area contributed by atoms with E-state index in [9.17, 15) is 9.59 Å². The Labute approximate surface area is 189 Å². The van der Waals surface area contributed by atoms with Crippen LogP contribution < -0.4 is 10.9 Å². The van der Waals surface area contributed by atoms with Crippen LogP contribution in [-0.2, 0) is 11.3 Å². The number of carbonyl (C=O) groups excluding carboxylic acids is 1. The van der Waals surface area contributed by atoms with Crippen LogP contribution in [0.25, 0.3) is 16.6 Å². The molecule has 0 bridgehead atoms. The van der Waals surface area contributed by atoms with E-state index in [0.717, 1.165) is 16.8 Å². The number of carbonyl (C=O) groups is 1. The van der Waals surface area contributed by atoms with Crippen LogP contribution in [0, 0.1) is 6.92 Å². The maximum absolute atomic E-state index is 13.3. The Morgan fingerprint density at radius 3 is 2.58 bits per heavy atom. The Morgan fingerprint density at radius 2 is 1.81 bits per heavy atom. The predicted octanol–water partition coefficient (Wildman–Crippen LogP) is 4.76. The van der Waals surface area contributed by atoms with E-state index in [-0.39, 0.29) is 17.2 Å². The molecule has 4 aromatic rings. The number of amides is 1. The van der Waals surface area contributed by atoms with Crippen molar-refractivity contribution in [2.24, 2.45) is 0 Å². The second-order valence-electron chi connectivity index (χ2n) is 7.03. The smallest absolute Gasteiger partial charge is 0.266 e. The fraction of sp³-hybridized carbons (Fsp3) is 0.125. The van der Waals surface area contributed by atoms with Crippen molar-refractivity contribution in [3.05, 3.63) is 99.3 Å². The number of halogens is 1. The minimum Gasteiger partial charge on any atom is -0.351 e. The molecule has 5 nitrogen and oxygen atoms in total. The molecule has 4 rings (SSSR count). The monoisotopic (exact) mass is 449 g/mol. The van der Waals surface area contributed by atoms with E-state index in [4.69, 9.17) is 11.6 Å². The van der Waals surface area contributed by atoms with Gasteiger partial charge in [0.25, 0.3) is 5.56 Å². The second kappa shape index (κ2) is 9.37. The van der Waals surface area contributed by atoms with Crippen molar-refractivity contribution < 1.29 is 4.79 Å². The number of para-hydroxylation sites is 1. The molecule has 1 N–H and O–H groups in total. The third-order valence-electron chi connectivity index (χ3n) is 4.82. The largest absolute Gasteiger partial charge is 0.351 e. The molecule has 0 aliphatic rings. The van der Waals surface area contributed by atoms with Gasteiger partial charge in [-0.2, -0.15) is 0 Å². The fourth-order valence-electron chi connectivity index (χ4n) is 3.24. The molecule has 0 radical (unpaired) electrons. The lowest BCUT2D eigenvalue weighted by Gasteiger charge is -2.15. The van der Waals surface area contributed by atoms with Gasteiger partial charge in [-0.1, -0.05) is 71.9 Å². The van der Waals surface area contributed by atoms with Crippen LogP contribution in [0.1, 0.15) is 11.1 Å². The van der Waals surface area contributed by atoms with E-state index in [0.29, 0.717) is 27.6 Å². The zero-order chi connectivity index (χ0) is 21.8. The molecule has 3 aromatic carbocycles. The van der Waals surface area contributed by atoms with E-state index in [2.05, 4.69) is 10.3 Å². The van der Waals surface area contributed by atoms with Crippen molar-refractivity contribution in [1.29, 1.82) is 0 Å². The van der Waals surface area contributed by atoms with Gasteiger partial charge in [0.05, 0.1) is 22.3 Å². The van der Waals surface area contributed by atoms with Crippen molar-refractivity contribution in [3.63, 3.8) is 0 Å². The number of nitrogens with one attached hydrogen (secondary N) is 1. The number of aryl methyl sites for hydroxylation is 1. The van der Waals surface area contributed by atoms with Gasteiger partial charge in [0.1, 0.15) is 0 Å². The van der Waals surface area contributed by atoms with E-state index in [1.165, 1.54) is 11.8 Å². The summed E-state index contributed by atoms with van der Waals surface area (Å²) < 4.78 is 1.57. The molecule has 0 fully saturated rings. The number of benzene rings is 3. The van der Waals surface area contributed by atoms with E-state index in [1.807, 2.05) is 61.5 Å². The second-order valence-corrected chi connectivity index (χ2v) is 8.41. The van der Waals surface area contributed by atoms with Crippen LogP contribution >= 0.6 is 23.4 Å². The molecule has 0 atom stereocenters. The molecule has 0 saturated carbocycles. The molecule has 0 saturated heterocycles. The fourth-order valence-corrected chi connectivity index (χ4v) is 4.24. The summed E-state index contributed by atoms with van der Waals surface area (Å²) in [6.45, 7) is 2.39. The van der Waals surface area contributed by atoms with Crippen LogP contribution in [0.15, 0.2) is 82.7 Å². The average Bonchev–Trinajstić information content (AvgIpc) is 2.77. The highest BCUT2D eigenvalue weighted by atomic mass is 35.5. The maximum Gasteiger partial charge on any atom is 0.266 e. The summed E-state index contributed by atoms with van der Waals surface area (Å²) >= 11 is 7.34. The first-order valence-electron chi connectivity index (χ1n) is 9.74. The summed E-state index contributed by atoms with van der Waals surface area (Å²) in [7, 11) is 0. The standard InChI is InChI=1S/C24H20ClN3O2S/c1-16-7-5-6-10-21(16)28-23(30)19-12-11-18(25)13-20(19)27-24(28)31-15-22(29)26-14-17-8-3-2-4-9-17/h2-13H,14-15H2,1H3,(H,26,29). The van der Waals surface area contributed by atoms with E-state index in [1.54, 1.807) is 22.8 Å². The highest BCUT2D eigenvalue weighted by molar-refractivity contribution is 7.99. The van der Waals surface area contributed by atoms with Crippen LogP contribution in [0.3, 0.4) is 0 Å². The normalized spacial score (nSPS) is 10.9. The zero-order valence-electron chi connectivity index (χ0n) is 16.8. The Hall–Kier alpha value is -3.09. The SMILES string of the molecule is Cc1ccccc1-n1c(SCC(=O)NCc2ccccc2)nc2cc(Cl)ccc2c1=O. The highest BCUT2D eigenvalue weighted by Crippen LogP contribution is 2.24. The molecular weight excluding hydrogens is 430 g/mol. The van der Waals surface area contributed by atoms with Crippen LogP contribution in [0.4, 0.5) is 0 Å². The number of hydrogen-bond donors (Lipinski definition) is 1. The molecule has 0 aliphatic heterocycles. The van der Waals surface area contributed by atoms with Crippen molar-refractivity contribution in [2.45, 2.75) is 18.6 Å². The average molecular weight is 450 g/mol. The van der Waals surface area contributed by atoms with Crippen LogP contribution in [0.5, 0.6) is 0 Å². The number of aromatic nitrogens is 2. The molecule has 31 heavy (non-hydrogen) atoms. The van der Waals surface area contributed by atoms with Gasteiger partial charge >= 0.3 is 0 Å². The van der Waals surface area contributed by atoms with Crippen molar-refractivity contribution >= 4 is 40.2 Å². The Balaban J connectivity index is 1.65. The van der Waals surface area contributed by atoms with Crippen LogP contribution in [-0.4, -0.2) is 21.2 Å². The Morgan fingerprint density at radius 1 is 1.06 bits per heavy atom. The molecule has 156 valence electrons. The topological polar surface area (TPSA) is 64.0 Å². The van der Waals surface area contributed by atoms with Gasteiger partial charge in [0.15, 0.2) is 5.16 Å². The summed E-state index contributed by atoms with van der Waals surface area (Å²) in [6.07, 6.45) is 0. The quantitative estimate of drug-likeness (QED) is 0.340. The molecule has 0 aliphatic carbocycles. The number of fused-ring (bicyclic) bond motifs is 1. The predicted molar refractivity (Wildman–Crippen MR) is 126 cm³/mol. The van der Waals surface area contributed by atoms with Crippen molar-refractivity contribution in [3.8, 4) is 5.69 Å². The molecule has 1 aromatic heterocycles. The molecule has 7 heteroatoms. The van der Waals surface area contributed by atoms with Gasteiger partial charge in [-0.15, -0.1) is 0 Å². The van der Waals surface area contributed by atoms with E-state index < -0.39 is 0 Å². The Kier molecular flexibility index (Phi) is 6.39. The first-order chi connectivity index (χ1) is 15.0. The lowest BCUT2D eigenvalue weighted by molar-refractivity contribution is -0.118. The van der Waals surface area contributed by atoms with Gasteiger partial charge < -0.3 is 5.32 Å². The first-order valence-corrected chi connectivity index (χ1v) is 11.1. The zero-order valence-corrected chi connectivity index (χ0v) is 18.4. The minimum atomic E-state index is -0.192. The summed E-state index contributed by atoms with van der Waals surface area (Å²) in [4.78, 5) is 30.4. The van der Waals surface area contributed by atoms with Crippen molar-refractivity contribution in [2.75, 3.05) is 5.75 Å². The molecule has 0 spiro atoms. The lowest BCUT2D eigenvalue weighted by Crippen LogP contribution is -2.26. The van der Waals surface area contributed by atoms with Gasteiger partial charge in [0.2, 0.25) is 5.91 Å². The van der Waals surface area contributed by atoms with E-state index >= 15 is 0 Å².